The summed E-state index contributed by atoms with van der Waals surface area (Å²) in [5.74, 6) is 2.33. The van der Waals surface area contributed by atoms with Gasteiger partial charge in [-0.3, -0.25) is 0 Å². The van der Waals surface area contributed by atoms with Gasteiger partial charge in [0.15, 0.2) is 0 Å². The van der Waals surface area contributed by atoms with E-state index in [-0.39, 0.29) is 10.8 Å². The van der Waals surface area contributed by atoms with Gasteiger partial charge in [-0.25, -0.2) is 0 Å². The zero-order chi connectivity index (χ0) is 18.8. The summed E-state index contributed by atoms with van der Waals surface area (Å²) < 4.78 is 7.85. The van der Waals surface area contributed by atoms with Crippen molar-refractivity contribution in [3.05, 3.63) is 23.3 Å². The van der Waals surface area contributed by atoms with Gasteiger partial charge in [0, 0.05) is 9.32 Å². The van der Waals surface area contributed by atoms with Crippen LogP contribution in [0.1, 0.15) is 59.1 Å². The fourth-order valence-corrected chi connectivity index (χ4v) is 5.12. The summed E-state index contributed by atoms with van der Waals surface area (Å²) in [5.41, 5.74) is 2.87. The lowest BCUT2D eigenvalue weighted by Gasteiger charge is -2.34. The molecule has 0 amide bonds. The molecule has 24 heavy (non-hydrogen) atoms. The summed E-state index contributed by atoms with van der Waals surface area (Å²) >= 11 is 4.44. The maximum absolute atomic E-state index is 6.63. The summed E-state index contributed by atoms with van der Waals surface area (Å²) in [4.78, 5) is 1.39. The molecule has 0 heterocycles. The van der Waals surface area contributed by atoms with Crippen molar-refractivity contribution in [2.45, 2.75) is 83.3 Å². The predicted octanol–water partition coefficient (Wildman–Crippen LogP) is 7.41. The van der Waals surface area contributed by atoms with E-state index in [1.807, 2.05) is 11.8 Å². The van der Waals surface area contributed by atoms with Crippen molar-refractivity contribution >= 4 is 42.7 Å². The average molecular weight is 479 g/mol. The van der Waals surface area contributed by atoms with Crippen molar-refractivity contribution in [2.75, 3.05) is 10.2 Å². The maximum atomic E-state index is 6.63. The Morgan fingerprint density at radius 1 is 0.958 bits per heavy atom. The number of hydrogen-bond donors (Lipinski definition) is 0. The molecule has 0 fully saturated rings. The molecule has 0 saturated heterocycles. The highest BCUT2D eigenvalue weighted by atomic mass is 127. The van der Waals surface area contributed by atoms with E-state index in [4.69, 9.17) is 4.43 Å². The molecule has 4 heteroatoms. The van der Waals surface area contributed by atoms with Crippen LogP contribution < -0.4 is 4.43 Å². The van der Waals surface area contributed by atoms with Crippen LogP contribution in [0.2, 0.25) is 19.6 Å². The van der Waals surface area contributed by atoms with Crippen molar-refractivity contribution in [2.24, 2.45) is 0 Å². The number of alkyl halides is 1. The molecule has 0 atom stereocenters. The Morgan fingerprint density at radius 2 is 1.42 bits per heavy atom. The van der Waals surface area contributed by atoms with Crippen LogP contribution in [0, 0.1) is 0 Å². The van der Waals surface area contributed by atoms with Gasteiger partial charge in [0.25, 0.3) is 0 Å². The molecule has 138 valence electrons. The zero-order valence-corrected chi connectivity index (χ0v) is 20.9. The van der Waals surface area contributed by atoms with Crippen LogP contribution in [0.15, 0.2) is 17.0 Å². The summed E-state index contributed by atoms with van der Waals surface area (Å²) in [6.45, 7) is 20.6. The van der Waals surface area contributed by atoms with E-state index in [1.54, 1.807) is 0 Å². The first kappa shape index (κ1) is 22.4. The van der Waals surface area contributed by atoms with Crippen LogP contribution in [-0.4, -0.2) is 18.5 Å². The fourth-order valence-electron chi connectivity index (χ4n) is 2.46. The molecule has 0 bridgehead atoms. The minimum atomic E-state index is -1.67. The van der Waals surface area contributed by atoms with Gasteiger partial charge < -0.3 is 4.43 Å². The van der Waals surface area contributed by atoms with Crippen LogP contribution >= 0.6 is 34.4 Å². The molecule has 1 aromatic carbocycles. The maximum Gasteiger partial charge on any atom is 0.242 e. The van der Waals surface area contributed by atoms with Gasteiger partial charge in [-0.05, 0) is 65.9 Å². The minimum Gasteiger partial charge on any atom is -0.544 e. The lowest BCUT2D eigenvalue weighted by molar-refractivity contribution is 0.476. The molecule has 0 aliphatic carbocycles. The summed E-state index contributed by atoms with van der Waals surface area (Å²) in [5, 5.41) is 0. The van der Waals surface area contributed by atoms with Crippen molar-refractivity contribution < 1.29 is 4.43 Å². The molecule has 0 radical (unpaired) electrons. The van der Waals surface area contributed by atoms with Crippen molar-refractivity contribution in [1.29, 1.82) is 0 Å². The number of benzene rings is 1. The second kappa shape index (κ2) is 8.34. The van der Waals surface area contributed by atoms with Gasteiger partial charge in [-0.15, -0.1) is 11.8 Å². The molecule has 0 aromatic heterocycles. The third kappa shape index (κ3) is 6.91. The van der Waals surface area contributed by atoms with E-state index in [1.165, 1.54) is 32.6 Å². The van der Waals surface area contributed by atoms with Crippen LogP contribution in [0.3, 0.4) is 0 Å². The summed E-state index contributed by atoms with van der Waals surface area (Å²) in [6, 6.07) is 4.76. The van der Waals surface area contributed by atoms with Gasteiger partial charge in [-0.1, -0.05) is 64.1 Å². The standard InChI is InChI=1S/C20H35IOSSi/c1-19(2,3)16-13-15(23-12-10-11-21)14-17(20(4,5)6)18(16)22-24(7,8)9/h13-14H,10-12H2,1-9H3. The third-order valence-corrected chi connectivity index (χ3v) is 6.27. The van der Waals surface area contributed by atoms with E-state index >= 15 is 0 Å². The van der Waals surface area contributed by atoms with E-state index < -0.39 is 8.32 Å². The van der Waals surface area contributed by atoms with E-state index in [0.29, 0.717) is 0 Å². The van der Waals surface area contributed by atoms with E-state index in [2.05, 4.69) is 95.9 Å². The lowest BCUT2D eigenvalue weighted by Crippen LogP contribution is -2.32. The number of hydrogen-bond acceptors (Lipinski definition) is 2. The van der Waals surface area contributed by atoms with Gasteiger partial charge >= 0.3 is 0 Å². The van der Waals surface area contributed by atoms with Gasteiger partial charge in [0.2, 0.25) is 8.32 Å². The SMILES string of the molecule is CC(C)(C)c1cc(SCCCI)cc(C(C)(C)C)c1O[Si](C)(C)C. The first-order chi connectivity index (χ1) is 10.8. The van der Waals surface area contributed by atoms with Crippen LogP contribution in [0.4, 0.5) is 0 Å². The smallest absolute Gasteiger partial charge is 0.242 e. The highest BCUT2D eigenvalue weighted by Crippen LogP contribution is 2.43. The van der Waals surface area contributed by atoms with Crippen molar-refractivity contribution in [3.8, 4) is 5.75 Å². The topological polar surface area (TPSA) is 9.23 Å². The van der Waals surface area contributed by atoms with Gasteiger partial charge in [0.05, 0.1) is 0 Å². The Kier molecular flexibility index (Phi) is 7.77. The average Bonchev–Trinajstić information content (AvgIpc) is 2.35. The molecular formula is C20H35IOSSi. The van der Waals surface area contributed by atoms with Crippen LogP contribution in [0.25, 0.3) is 0 Å². The normalized spacial score (nSPS) is 13.2. The largest absolute Gasteiger partial charge is 0.544 e. The molecule has 0 aliphatic heterocycles. The molecule has 0 unspecified atom stereocenters. The highest BCUT2D eigenvalue weighted by molar-refractivity contribution is 14.1. The molecule has 0 spiro atoms. The second-order valence-electron chi connectivity index (χ2n) is 9.45. The molecule has 1 nitrogen and oxygen atoms in total. The number of halogens is 1. The van der Waals surface area contributed by atoms with Crippen LogP contribution in [-0.2, 0) is 10.8 Å². The molecule has 1 rings (SSSR count). The Hall–Kier alpha value is 0.317. The van der Waals surface area contributed by atoms with Crippen molar-refractivity contribution in [1.82, 2.24) is 0 Å². The van der Waals surface area contributed by atoms with E-state index in [9.17, 15) is 0 Å². The highest BCUT2D eigenvalue weighted by Gasteiger charge is 2.30. The first-order valence-electron chi connectivity index (χ1n) is 8.82. The fraction of sp³-hybridized carbons (Fsp3) is 0.700. The molecule has 0 N–H and O–H groups in total. The molecular weight excluding hydrogens is 443 g/mol. The Morgan fingerprint density at radius 3 is 1.75 bits per heavy atom. The Bertz CT molecular complexity index is 515. The van der Waals surface area contributed by atoms with E-state index in [0.717, 1.165) is 5.75 Å². The zero-order valence-electron chi connectivity index (χ0n) is 17.0. The summed E-state index contributed by atoms with van der Waals surface area (Å²) in [6.07, 6.45) is 1.26. The summed E-state index contributed by atoms with van der Waals surface area (Å²) in [7, 11) is -1.67. The van der Waals surface area contributed by atoms with Gasteiger partial charge in [-0.2, -0.15) is 0 Å². The second-order valence-corrected chi connectivity index (χ2v) is 16.1. The lowest BCUT2D eigenvalue weighted by atomic mass is 9.79. The molecule has 0 aliphatic rings. The third-order valence-electron chi connectivity index (χ3n) is 3.63. The predicted molar refractivity (Wildman–Crippen MR) is 122 cm³/mol. The molecule has 1 aromatic rings. The Balaban J connectivity index is 3.52. The van der Waals surface area contributed by atoms with Crippen molar-refractivity contribution in [3.63, 3.8) is 0 Å². The quantitative estimate of drug-likeness (QED) is 0.138. The first-order valence-corrected chi connectivity index (χ1v) is 14.7. The van der Waals surface area contributed by atoms with Gasteiger partial charge in [0.1, 0.15) is 5.75 Å². The number of rotatable bonds is 6. The minimum absolute atomic E-state index is 0.0782. The van der Waals surface area contributed by atoms with Crippen LogP contribution in [0.5, 0.6) is 5.75 Å². The number of thioether (sulfide) groups is 1. The molecule has 0 saturated carbocycles. The monoisotopic (exact) mass is 478 g/mol. The Labute approximate surface area is 169 Å².